The summed E-state index contributed by atoms with van der Waals surface area (Å²) in [6.45, 7) is 1.79. The van der Waals surface area contributed by atoms with Crippen LogP contribution >= 0.6 is 15.9 Å². The second-order valence-corrected chi connectivity index (χ2v) is 4.07. The maximum atomic E-state index is 11.3. The Hall–Kier alpha value is -0.830. The Kier molecular flexibility index (Phi) is 2.12. The Balaban J connectivity index is 2.42. The number of hydrogen-bond donors (Lipinski definition) is 0. The van der Waals surface area contributed by atoms with E-state index in [1.54, 1.807) is 6.92 Å². The standard InChI is InChI=1S/C10H9BrO2/c1-6-9(12)5-7-4-8(11)2-3-10(7)13-6/h2-4,6H,5H2,1H3/t6-/m0/s1. The highest BCUT2D eigenvalue weighted by molar-refractivity contribution is 9.10. The number of ether oxygens (including phenoxy) is 1. The molecule has 0 saturated carbocycles. The van der Waals surface area contributed by atoms with E-state index in [0.717, 1.165) is 15.8 Å². The molecule has 0 saturated heterocycles. The molecule has 1 heterocycles. The van der Waals surface area contributed by atoms with Gasteiger partial charge in [0, 0.05) is 16.5 Å². The van der Waals surface area contributed by atoms with Gasteiger partial charge in [0.2, 0.25) is 0 Å². The van der Waals surface area contributed by atoms with Gasteiger partial charge in [0.25, 0.3) is 0 Å². The molecular formula is C10H9BrO2. The summed E-state index contributed by atoms with van der Waals surface area (Å²) in [5, 5.41) is 0. The first kappa shape index (κ1) is 8.75. The molecule has 0 fully saturated rings. The summed E-state index contributed by atoms with van der Waals surface area (Å²) in [7, 11) is 0. The van der Waals surface area contributed by atoms with Crippen molar-refractivity contribution in [1.29, 1.82) is 0 Å². The summed E-state index contributed by atoms with van der Waals surface area (Å²) in [5.74, 6) is 0.973. The zero-order valence-corrected chi connectivity index (χ0v) is 8.80. The lowest BCUT2D eigenvalue weighted by molar-refractivity contribution is -0.125. The van der Waals surface area contributed by atoms with Crippen LogP contribution in [0.15, 0.2) is 22.7 Å². The predicted molar refractivity (Wildman–Crippen MR) is 52.9 cm³/mol. The molecule has 0 unspecified atom stereocenters. The Morgan fingerprint density at radius 2 is 2.31 bits per heavy atom. The van der Waals surface area contributed by atoms with E-state index >= 15 is 0 Å². The topological polar surface area (TPSA) is 26.3 Å². The smallest absolute Gasteiger partial charge is 0.177 e. The van der Waals surface area contributed by atoms with Gasteiger partial charge in [0.05, 0.1) is 0 Å². The third-order valence-electron chi connectivity index (χ3n) is 2.14. The molecule has 0 aliphatic carbocycles. The van der Waals surface area contributed by atoms with Gasteiger partial charge >= 0.3 is 0 Å². The van der Waals surface area contributed by atoms with Gasteiger partial charge in [-0.15, -0.1) is 0 Å². The number of carbonyl (C=O) groups is 1. The normalized spacial score (nSPS) is 20.8. The number of halogens is 1. The van der Waals surface area contributed by atoms with Crippen molar-refractivity contribution >= 4 is 21.7 Å². The molecule has 68 valence electrons. The van der Waals surface area contributed by atoms with Crippen LogP contribution in [0.3, 0.4) is 0 Å². The average Bonchev–Trinajstić information content (AvgIpc) is 2.08. The molecule has 1 aliphatic heterocycles. The molecule has 1 atom stereocenters. The highest BCUT2D eigenvalue weighted by atomic mass is 79.9. The fourth-order valence-electron chi connectivity index (χ4n) is 1.39. The number of carbonyl (C=O) groups excluding carboxylic acids is 1. The molecule has 0 aromatic heterocycles. The molecule has 13 heavy (non-hydrogen) atoms. The minimum atomic E-state index is -0.298. The summed E-state index contributed by atoms with van der Waals surface area (Å²) in [5.41, 5.74) is 0.970. The van der Waals surface area contributed by atoms with Crippen LogP contribution in [0.25, 0.3) is 0 Å². The van der Waals surface area contributed by atoms with Crippen LogP contribution < -0.4 is 4.74 Å². The van der Waals surface area contributed by atoms with E-state index in [-0.39, 0.29) is 11.9 Å². The highest BCUT2D eigenvalue weighted by Gasteiger charge is 2.23. The Morgan fingerprint density at radius 1 is 1.54 bits per heavy atom. The van der Waals surface area contributed by atoms with Gasteiger partial charge in [-0.1, -0.05) is 15.9 Å². The largest absolute Gasteiger partial charge is 0.483 e. The van der Waals surface area contributed by atoms with Crippen LogP contribution in [0.2, 0.25) is 0 Å². The van der Waals surface area contributed by atoms with Gasteiger partial charge < -0.3 is 4.74 Å². The van der Waals surface area contributed by atoms with E-state index < -0.39 is 0 Å². The molecule has 2 rings (SSSR count). The van der Waals surface area contributed by atoms with Crippen LogP contribution in [0.1, 0.15) is 12.5 Å². The van der Waals surface area contributed by atoms with Crippen LogP contribution in [0.5, 0.6) is 5.75 Å². The van der Waals surface area contributed by atoms with Crippen LogP contribution in [-0.2, 0) is 11.2 Å². The van der Waals surface area contributed by atoms with Gasteiger partial charge in [0.15, 0.2) is 11.9 Å². The lowest BCUT2D eigenvalue weighted by Crippen LogP contribution is -2.30. The minimum absolute atomic E-state index is 0.144. The zero-order chi connectivity index (χ0) is 9.42. The van der Waals surface area contributed by atoms with Crippen molar-refractivity contribution in [2.24, 2.45) is 0 Å². The first-order chi connectivity index (χ1) is 6.16. The molecule has 1 aromatic rings. The Labute approximate surface area is 85.0 Å². The van der Waals surface area contributed by atoms with Gasteiger partial charge in [-0.05, 0) is 25.1 Å². The molecule has 2 nitrogen and oxygen atoms in total. The molecule has 0 bridgehead atoms. The van der Waals surface area contributed by atoms with Gasteiger partial charge in [0.1, 0.15) is 5.75 Å². The number of rotatable bonds is 0. The quantitative estimate of drug-likeness (QED) is 0.696. The third-order valence-corrected chi connectivity index (χ3v) is 2.64. The molecule has 0 amide bonds. The van der Waals surface area contributed by atoms with E-state index in [9.17, 15) is 4.79 Å². The second kappa shape index (κ2) is 3.14. The van der Waals surface area contributed by atoms with Crippen LogP contribution in [0.4, 0.5) is 0 Å². The monoisotopic (exact) mass is 240 g/mol. The minimum Gasteiger partial charge on any atom is -0.483 e. The maximum Gasteiger partial charge on any atom is 0.177 e. The first-order valence-corrected chi connectivity index (χ1v) is 4.94. The Bertz CT molecular complexity index is 360. The van der Waals surface area contributed by atoms with Crippen molar-refractivity contribution in [3.8, 4) is 5.75 Å². The zero-order valence-electron chi connectivity index (χ0n) is 7.21. The first-order valence-electron chi connectivity index (χ1n) is 4.14. The lowest BCUT2D eigenvalue weighted by atomic mass is 10.0. The summed E-state index contributed by atoms with van der Waals surface area (Å²) >= 11 is 3.36. The molecule has 1 aromatic carbocycles. The Morgan fingerprint density at radius 3 is 3.08 bits per heavy atom. The molecular weight excluding hydrogens is 232 g/mol. The summed E-state index contributed by atoms with van der Waals surface area (Å²) in [6, 6.07) is 5.74. The summed E-state index contributed by atoms with van der Waals surface area (Å²) in [6.07, 6.45) is 0.185. The summed E-state index contributed by atoms with van der Waals surface area (Å²) < 4.78 is 6.41. The maximum absolute atomic E-state index is 11.3. The van der Waals surface area contributed by atoms with E-state index in [0.29, 0.717) is 6.42 Å². The molecule has 0 spiro atoms. The fraction of sp³-hybridized carbons (Fsp3) is 0.300. The molecule has 0 radical (unpaired) electrons. The summed E-state index contributed by atoms with van der Waals surface area (Å²) in [4.78, 5) is 11.3. The number of benzene rings is 1. The van der Waals surface area contributed by atoms with Crippen molar-refractivity contribution in [1.82, 2.24) is 0 Å². The van der Waals surface area contributed by atoms with Crippen molar-refractivity contribution in [2.75, 3.05) is 0 Å². The predicted octanol–water partition coefficient (Wildman–Crippen LogP) is 2.34. The van der Waals surface area contributed by atoms with E-state index in [1.165, 1.54) is 0 Å². The van der Waals surface area contributed by atoms with E-state index in [4.69, 9.17) is 4.74 Å². The number of ketones is 1. The van der Waals surface area contributed by atoms with Crippen LogP contribution in [0, 0.1) is 0 Å². The van der Waals surface area contributed by atoms with Gasteiger partial charge in [-0.25, -0.2) is 0 Å². The van der Waals surface area contributed by atoms with E-state index in [2.05, 4.69) is 15.9 Å². The molecule has 1 aliphatic rings. The van der Waals surface area contributed by atoms with E-state index in [1.807, 2.05) is 18.2 Å². The van der Waals surface area contributed by atoms with Crippen LogP contribution in [-0.4, -0.2) is 11.9 Å². The number of Topliss-reactive ketones (excluding diaryl/α,β-unsaturated/α-hetero) is 1. The van der Waals surface area contributed by atoms with Gasteiger partial charge in [-0.2, -0.15) is 0 Å². The SMILES string of the molecule is C[C@@H]1Oc2ccc(Br)cc2CC1=O. The van der Waals surface area contributed by atoms with Crippen molar-refractivity contribution < 1.29 is 9.53 Å². The third kappa shape index (κ3) is 1.61. The number of hydrogen-bond acceptors (Lipinski definition) is 2. The molecule has 0 N–H and O–H groups in total. The van der Waals surface area contributed by atoms with Crippen molar-refractivity contribution in [3.05, 3.63) is 28.2 Å². The molecule has 3 heteroatoms. The number of fused-ring (bicyclic) bond motifs is 1. The van der Waals surface area contributed by atoms with Crippen molar-refractivity contribution in [3.63, 3.8) is 0 Å². The van der Waals surface area contributed by atoms with Gasteiger partial charge in [-0.3, -0.25) is 4.79 Å². The fourth-order valence-corrected chi connectivity index (χ4v) is 1.80. The second-order valence-electron chi connectivity index (χ2n) is 3.16. The lowest BCUT2D eigenvalue weighted by Gasteiger charge is -2.21. The highest BCUT2D eigenvalue weighted by Crippen LogP contribution is 2.28. The average molecular weight is 241 g/mol. The van der Waals surface area contributed by atoms with Crippen molar-refractivity contribution in [2.45, 2.75) is 19.4 Å².